The van der Waals surface area contributed by atoms with Gasteiger partial charge in [0.25, 0.3) is 11.8 Å². The van der Waals surface area contributed by atoms with Crippen molar-refractivity contribution >= 4 is 68.7 Å². The van der Waals surface area contributed by atoms with Crippen molar-refractivity contribution in [1.29, 1.82) is 0 Å². The van der Waals surface area contributed by atoms with E-state index in [9.17, 15) is 14.4 Å². The summed E-state index contributed by atoms with van der Waals surface area (Å²) in [5.74, 6) is -0.555. The number of amides is 4. The van der Waals surface area contributed by atoms with E-state index in [4.69, 9.17) is 32.7 Å². The summed E-state index contributed by atoms with van der Waals surface area (Å²) >= 11 is 15.5. The van der Waals surface area contributed by atoms with Crippen LogP contribution in [0.3, 0.4) is 0 Å². The Kier molecular flexibility index (Phi) is 8.22. The van der Waals surface area contributed by atoms with Crippen LogP contribution < -0.4 is 19.7 Å². The van der Waals surface area contributed by atoms with Crippen molar-refractivity contribution < 1.29 is 23.9 Å². The van der Waals surface area contributed by atoms with Gasteiger partial charge in [-0.15, -0.1) is 0 Å². The van der Waals surface area contributed by atoms with Crippen molar-refractivity contribution in [2.75, 3.05) is 4.90 Å². The maximum Gasteiger partial charge on any atom is 0.335 e. The SMILES string of the molecule is CC(C)Oc1ccc(Br)cc1/C=C1\C(=O)NC(=O)N(c2ccc(OCc3ccc(Cl)cc3Cl)cc2)C1=O. The quantitative estimate of drug-likeness (QED) is 0.237. The molecule has 1 N–H and O–H groups in total. The van der Waals surface area contributed by atoms with Gasteiger partial charge in [-0.3, -0.25) is 14.9 Å². The largest absolute Gasteiger partial charge is 0.490 e. The Bertz CT molecular complexity index is 1410. The van der Waals surface area contributed by atoms with E-state index in [1.807, 2.05) is 13.8 Å². The van der Waals surface area contributed by atoms with Gasteiger partial charge >= 0.3 is 6.03 Å². The normalized spacial score (nSPS) is 14.8. The molecule has 3 aromatic carbocycles. The molecule has 0 saturated carbocycles. The fourth-order valence-corrected chi connectivity index (χ4v) is 4.37. The minimum Gasteiger partial charge on any atom is -0.490 e. The number of carbonyl (C=O) groups excluding carboxylic acids is 3. The third-order valence-corrected chi connectivity index (χ3v) is 6.32. The van der Waals surface area contributed by atoms with Crippen LogP contribution in [-0.4, -0.2) is 23.9 Å². The van der Waals surface area contributed by atoms with Crippen molar-refractivity contribution in [1.82, 2.24) is 5.32 Å². The Morgan fingerprint density at radius 2 is 1.73 bits per heavy atom. The van der Waals surface area contributed by atoms with Crippen molar-refractivity contribution in [2.24, 2.45) is 0 Å². The second kappa shape index (κ2) is 11.4. The second-order valence-corrected chi connectivity index (χ2v) is 10.1. The lowest BCUT2D eigenvalue weighted by Crippen LogP contribution is -2.54. The number of anilines is 1. The number of nitrogens with one attached hydrogen (secondary N) is 1. The second-order valence-electron chi connectivity index (χ2n) is 8.32. The van der Waals surface area contributed by atoms with E-state index in [1.54, 1.807) is 60.7 Å². The van der Waals surface area contributed by atoms with E-state index >= 15 is 0 Å². The van der Waals surface area contributed by atoms with Gasteiger partial charge in [0.05, 0.1) is 11.8 Å². The number of halogens is 3. The van der Waals surface area contributed by atoms with Crippen LogP contribution in [0.4, 0.5) is 10.5 Å². The predicted octanol–water partition coefficient (Wildman–Crippen LogP) is 6.79. The lowest BCUT2D eigenvalue weighted by Gasteiger charge is -2.26. The number of hydrogen-bond acceptors (Lipinski definition) is 5. The van der Waals surface area contributed by atoms with Crippen LogP contribution in [0.25, 0.3) is 6.08 Å². The number of barbiturate groups is 1. The molecule has 4 rings (SSSR count). The van der Waals surface area contributed by atoms with Crippen LogP contribution in [-0.2, 0) is 16.2 Å². The number of imide groups is 2. The minimum atomic E-state index is -0.846. The summed E-state index contributed by atoms with van der Waals surface area (Å²) in [4.78, 5) is 39.4. The molecule has 0 radical (unpaired) electrons. The van der Waals surface area contributed by atoms with Gasteiger partial charge in [0.1, 0.15) is 23.7 Å². The Hall–Kier alpha value is -3.33. The first-order chi connectivity index (χ1) is 17.6. The number of rotatable bonds is 7. The van der Waals surface area contributed by atoms with Gasteiger partial charge in [0.2, 0.25) is 0 Å². The van der Waals surface area contributed by atoms with E-state index in [1.165, 1.54) is 6.08 Å². The molecule has 1 aliphatic heterocycles. The molecule has 1 heterocycles. The van der Waals surface area contributed by atoms with Crippen LogP contribution >= 0.6 is 39.1 Å². The first-order valence-corrected chi connectivity index (χ1v) is 12.7. The van der Waals surface area contributed by atoms with E-state index in [0.29, 0.717) is 27.1 Å². The van der Waals surface area contributed by atoms with Crippen molar-refractivity contribution in [2.45, 2.75) is 26.6 Å². The van der Waals surface area contributed by atoms with Crippen LogP contribution in [0, 0.1) is 0 Å². The average molecular weight is 604 g/mol. The molecule has 0 spiro atoms. The van der Waals surface area contributed by atoms with Gasteiger partial charge in [-0.05, 0) is 74.5 Å². The lowest BCUT2D eigenvalue weighted by atomic mass is 10.1. The van der Waals surface area contributed by atoms with Gasteiger partial charge < -0.3 is 9.47 Å². The Labute approximate surface area is 232 Å². The molecule has 1 aliphatic rings. The molecule has 7 nitrogen and oxygen atoms in total. The number of benzene rings is 3. The molecular formula is C27H21BrCl2N2O5. The molecule has 0 aromatic heterocycles. The molecule has 4 amide bonds. The first-order valence-electron chi connectivity index (χ1n) is 11.2. The Morgan fingerprint density at radius 3 is 2.41 bits per heavy atom. The molecule has 1 fully saturated rings. The van der Waals surface area contributed by atoms with Crippen molar-refractivity contribution in [3.63, 3.8) is 0 Å². The number of nitrogens with zero attached hydrogens (tertiary/aromatic N) is 1. The summed E-state index contributed by atoms with van der Waals surface area (Å²) < 4.78 is 12.3. The maximum absolute atomic E-state index is 13.3. The highest BCUT2D eigenvalue weighted by Gasteiger charge is 2.37. The van der Waals surface area contributed by atoms with Gasteiger partial charge in [0, 0.05) is 25.6 Å². The van der Waals surface area contributed by atoms with E-state index in [2.05, 4.69) is 21.2 Å². The highest BCUT2D eigenvalue weighted by Crippen LogP contribution is 2.30. The highest BCUT2D eigenvalue weighted by atomic mass is 79.9. The zero-order valence-corrected chi connectivity index (χ0v) is 22.9. The summed E-state index contributed by atoms with van der Waals surface area (Å²) in [6, 6.07) is 15.9. The third kappa shape index (κ3) is 6.33. The van der Waals surface area contributed by atoms with Gasteiger partial charge in [0.15, 0.2) is 0 Å². The smallest absolute Gasteiger partial charge is 0.335 e. The molecule has 0 atom stereocenters. The molecule has 1 saturated heterocycles. The van der Waals surface area contributed by atoms with Crippen LogP contribution in [0.2, 0.25) is 10.0 Å². The minimum absolute atomic E-state index is 0.122. The molecule has 37 heavy (non-hydrogen) atoms. The molecule has 0 unspecified atom stereocenters. The summed E-state index contributed by atoms with van der Waals surface area (Å²) in [6.45, 7) is 3.94. The zero-order valence-electron chi connectivity index (χ0n) is 19.8. The zero-order chi connectivity index (χ0) is 26.7. The number of hydrogen-bond donors (Lipinski definition) is 1. The standard InChI is InChI=1S/C27H21BrCl2N2O5/c1-15(2)37-24-10-4-18(28)11-17(24)12-22-25(33)31-27(35)32(26(22)34)20-6-8-21(9-7-20)36-14-16-3-5-19(29)13-23(16)30/h3-13,15H,14H2,1-2H3,(H,31,33,35)/b22-12+. The molecule has 0 aliphatic carbocycles. The fraction of sp³-hybridized carbons (Fsp3) is 0.148. The van der Waals surface area contributed by atoms with Crippen LogP contribution in [0.1, 0.15) is 25.0 Å². The summed E-state index contributed by atoms with van der Waals surface area (Å²) in [5.41, 5.74) is 1.33. The molecule has 10 heteroatoms. The van der Waals surface area contributed by atoms with Gasteiger partial charge in [-0.25, -0.2) is 9.69 Å². The van der Waals surface area contributed by atoms with Crippen molar-refractivity contribution in [3.05, 3.63) is 91.9 Å². The number of carbonyl (C=O) groups is 3. The van der Waals surface area contributed by atoms with Gasteiger partial charge in [-0.2, -0.15) is 0 Å². The fourth-order valence-electron chi connectivity index (χ4n) is 3.53. The monoisotopic (exact) mass is 602 g/mol. The summed E-state index contributed by atoms with van der Waals surface area (Å²) in [5, 5.41) is 3.23. The average Bonchev–Trinajstić information content (AvgIpc) is 2.83. The molecule has 3 aromatic rings. The highest BCUT2D eigenvalue weighted by molar-refractivity contribution is 9.10. The lowest BCUT2D eigenvalue weighted by molar-refractivity contribution is -0.122. The maximum atomic E-state index is 13.3. The van der Waals surface area contributed by atoms with E-state index in [0.717, 1.165) is 14.9 Å². The Balaban J connectivity index is 1.57. The summed E-state index contributed by atoms with van der Waals surface area (Å²) in [6.07, 6.45) is 1.29. The molecule has 190 valence electrons. The predicted molar refractivity (Wildman–Crippen MR) is 146 cm³/mol. The summed E-state index contributed by atoms with van der Waals surface area (Å²) in [7, 11) is 0. The third-order valence-electron chi connectivity index (χ3n) is 5.24. The Morgan fingerprint density at radius 1 is 1.00 bits per heavy atom. The van der Waals surface area contributed by atoms with Crippen LogP contribution in [0.15, 0.2) is 70.7 Å². The topological polar surface area (TPSA) is 84.9 Å². The van der Waals surface area contributed by atoms with E-state index < -0.39 is 17.8 Å². The van der Waals surface area contributed by atoms with Crippen molar-refractivity contribution in [3.8, 4) is 11.5 Å². The first kappa shape index (κ1) is 26.7. The van der Waals surface area contributed by atoms with Gasteiger partial charge in [-0.1, -0.05) is 45.2 Å². The molecule has 0 bridgehead atoms. The van der Waals surface area contributed by atoms with E-state index in [-0.39, 0.29) is 24.0 Å². The molecular weight excluding hydrogens is 583 g/mol. The van der Waals surface area contributed by atoms with Crippen LogP contribution in [0.5, 0.6) is 11.5 Å². The number of urea groups is 1. The number of ether oxygens (including phenoxy) is 2.